The first-order valence-corrected chi connectivity index (χ1v) is 7.27. The second-order valence-electron chi connectivity index (χ2n) is 4.75. The lowest BCUT2D eigenvalue weighted by molar-refractivity contribution is 0.265. The summed E-state index contributed by atoms with van der Waals surface area (Å²) in [6, 6.07) is 0. The molecule has 2 N–H and O–H groups in total. The molecule has 0 atom stereocenters. The topological polar surface area (TPSA) is 29.3 Å². The van der Waals surface area contributed by atoms with Crippen molar-refractivity contribution in [1.82, 2.24) is 4.90 Å². The van der Waals surface area contributed by atoms with E-state index < -0.39 is 0 Å². The van der Waals surface area contributed by atoms with E-state index in [9.17, 15) is 0 Å². The van der Waals surface area contributed by atoms with Gasteiger partial charge in [-0.05, 0) is 45.4 Å². The molecule has 98 valence electrons. The van der Waals surface area contributed by atoms with Gasteiger partial charge in [-0.3, -0.25) is 0 Å². The molecule has 2 heteroatoms. The Hall–Kier alpha value is -0.0800. The van der Waals surface area contributed by atoms with E-state index >= 15 is 0 Å². The van der Waals surface area contributed by atoms with Crippen LogP contribution in [-0.2, 0) is 0 Å². The Bertz CT molecular complexity index is 126. The average Bonchev–Trinajstić information content (AvgIpc) is 2.30. The molecular formula is C14H32N2. The molecule has 0 aliphatic heterocycles. The number of nitrogens with two attached hydrogens (primary N) is 1. The lowest BCUT2D eigenvalue weighted by Gasteiger charge is -2.21. The molecule has 0 amide bonds. The van der Waals surface area contributed by atoms with Crippen LogP contribution in [0.25, 0.3) is 0 Å². The molecule has 0 spiro atoms. The maximum Gasteiger partial charge on any atom is -0.000672 e. The molecule has 0 bridgehead atoms. The zero-order valence-electron chi connectivity index (χ0n) is 11.5. The van der Waals surface area contributed by atoms with E-state index in [1.165, 1.54) is 64.6 Å². The summed E-state index contributed by atoms with van der Waals surface area (Å²) in [5.74, 6) is 0. The van der Waals surface area contributed by atoms with Crippen molar-refractivity contribution in [3.63, 3.8) is 0 Å². The summed E-state index contributed by atoms with van der Waals surface area (Å²) in [5.41, 5.74) is 5.56. The van der Waals surface area contributed by atoms with Crippen molar-refractivity contribution >= 4 is 0 Å². The van der Waals surface area contributed by atoms with Gasteiger partial charge in [-0.1, -0.05) is 46.0 Å². The van der Waals surface area contributed by atoms with Gasteiger partial charge in [-0.2, -0.15) is 0 Å². The Morgan fingerprint density at radius 3 is 1.94 bits per heavy atom. The Morgan fingerprint density at radius 2 is 1.31 bits per heavy atom. The minimum Gasteiger partial charge on any atom is -0.330 e. The van der Waals surface area contributed by atoms with Crippen molar-refractivity contribution in [3.8, 4) is 0 Å². The first kappa shape index (κ1) is 15.9. The van der Waals surface area contributed by atoms with Gasteiger partial charge in [0.2, 0.25) is 0 Å². The normalized spacial score (nSPS) is 11.2. The van der Waals surface area contributed by atoms with Crippen molar-refractivity contribution in [1.29, 1.82) is 0 Å². The maximum absolute atomic E-state index is 5.56. The minimum atomic E-state index is 0.830. The Kier molecular flexibility index (Phi) is 12.9. The second-order valence-corrected chi connectivity index (χ2v) is 4.75. The van der Waals surface area contributed by atoms with Crippen LogP contribution in [0, 0.1) is 0 Å². The van der Waals surface area contributed by atoms with Gasteiger partial charge >= 0.3 is 0 Å². The van der Waals surface area contributed by atoms with Crippen molar-refractivity contribution in [3.05, 3.63) is 0 Å². The van der Waals surface area contributed by atoms with Crippen LogP contribution in [0.2, 0.25) is 0 Å². The smallest absolute Gasteiger partial charge is 0.000672 e. The van der Waals surface area contributed by atoms with E-state index in [0.717, 1.165) is 13.0 Å². The highest BCUT2D eigenvalue weighted by Crippen LogP contribution is 2.06. The quantitative estimate of drug-likeness (QED) is 0.519. The molecule has 2 nitrogen and oxygen atoms in total. The number of nitrogens with zero attached hydrogens (tertiary/aromatic N) is 1. The lowest BCUT2D eigenvalue weighted by atomic mass is 10.1. The third kappa shape index (κ3) is 10.4. The maximum atomic E-state index is 5.56. The molecule has 0 fully saturated rings. The van der Waals surface area contributed by atoms with Crippen molar-refractivity contribution in [2.45, 2.75) is 65.2 Å². The molecule has 0 aromatic carbocycles. The highest BCUT2D eigenvalue weighted by atomic mass is 15.1. The van der Waals surface area contributed by atoms with Crippen LogP contribution in [0.5, 0.6) is 0 Å². The first-order valence-electron chi connectivity index (χ1n) is 7.27. The van der Waals surface area contributed by atoms with E-state index in [0.29, 0.717) is 0 Å². The fourth-order valence-corrected chi connectivity index (χ4v) is 2.08. The van der Waals surface area contributed by atoms with Crippen LogP contribution >= 0.6 is 0 Å². The van der Waals surface area contributed by atoms with Gasteiger partial charge in [0.15, 0.2) is 0 Å². The molecular weight excluding hydrogens is 196 g/mol. The first-order chi connectivity index (χ1) is 7.85. The van der Waals surface area contributed by atoms with E-state index in [2.05, 4.69) is 18.7 Å². The Morgan fingerprint density at radius 1 is 0.688 bits per heavy atom. The molecule has 0 aromatic heterocycles. The van der Waals surface area contributed by atoms with Crippen LogP contribution < -0.4 is 5.73 Å². The van der Waals surface area contributed by atoms with Gasteiger partial charge in [-0.15, -0.1) is 0 Å². The molecule has 0 saturated carbocycles. The zero-order chi connectivity index (χ0) is 12.1. The Labute approximate surface area is 103 Å². The van der Waals surface area contributed by atoms with Crippen LogP contribution in [0.3, 0.4) is 0 Å². The second kappa shape index (κ2) is 13.0. The number of hydrogen-bond acceptors (Lipinski definition) is 2. The van der Waals surface area contributed by atoms with E-state index in [-0.39, 0.29) is 0 Å². The molecule has 0 aliphatic carbocycles. The number of unbranched alkanes of at least 4 members (excludes halogenated alkanes) is 5. The molecule has 0 aliphatic rings. The van der Waals surface area contributed by atoms with Crippen molar-refractivity contribution in [2.24, 2.45) is 5.73 Å². The van der Waals surface area contributed by atoms with Crippen LogP contribution in [0.1, 0.15) is 65.2 Å². The lowest BCUT2D eigenvalue weighted by Crippen LogP contribution is -2.28. The highest BCUT2D eigenvalue weighted by Gasteiger charge is 2.02. The van der Waals surface area contributed by atoms with Gasteiger partial charge in [0, 0.05) is 0 Å². The summed E-state index contributed by atoms with van der Waals surface area (Å²) in [6.45, 7) is 9.08. The Balaban J connectivity index is 3.36. The van der Waals surface area contributed by atoms with Crippen molar-refractivity contribution < 1.29 is 0 Å². The van der Waals surface area contributed by atoms with Gasteiger partial charge in [-0.25, -0.2) is 0 Å². The predicted octanol–water partition coefficient (Wildman–Crippen LogP) is 3.41. The molecule has 0 unspecified atom stereocenters. The van der Waals surface area contributed by atoms with E-state index in [1.54, 1.807) is 0 Å². The summed E-state index contributed by atoms with van der Waals surface area (Å²) in [6.07, 6.45) is 10.8. The predicted molar refractivity (Wildman–Crippen MR) is 73.8 cm³/mol. The molecule has 0 rings (SSSR count). The molecule has 16 heavy (non-hydrogen) atoms. The van der Waals surface area contributed by atoms with Crippen LogP contribution in [-0.4, -0.2) is 31.1 Å². The summed E-state index contributed by atoms with van der Waals surface area (Å²) >= 11 is 0. The monoisotopic (exact) mass is 228 g/mol. The third-order valence-electron chi connectivity index (χ3n) is 3.05. The molecule has 0 saturated heterocycles. The standard InChI is InChI=1S/C14H32N2/c1-3-5-6-7-8-9-13-16(12-4-2)14-10-11-15/h3-15H2,1-2H3. The number of rotatable bonds is 12. The summed E-state index contributed by atoms with van der Waals surface area (Å²) < 4.78 is 0. The fourth-order valence-electron chi connectivity index (χ4n) is 2.08. The van der Waals surface area contributed by atoms with Gasteiger partial charge in [0.05, 0.1) is 0 Å². The molecule has 0 radical (unpaired) electrons. The highest BCUT2D eigenvalue weighted by molar-refractivity contribution is 4.58. The zero-order valence-corrected chi connectivity index (χ0v) is 11.5. The summed E-state index contributed by atoms with van der Waals surface area (Å²) in [5, 5.41) is 0. The van der Waals surface area contributed by atoms with Gasteiger partial charge in [0.25, 0.3) is 0 Å². The summed E-state index contributed by atoms with van der Waals surface area (Å²) in [7, 11) is 0. The summed E-state index contributed by atoms with van der Waals surface area (Å²) in [4.78, 5) is 2.58. The fraction of sp³-hybridized carbons (Fsp3) is 1.00. The SMILES string of the molecule is CCCCCCCCN(CCC)CCCN. The van der Waals surface area contributed by atoms with Crippen LogP contribution in [0.15, 0.2) is 0 Å². The molecule has 0 heterocycles. The minimum absolute atomic E-state index is 0.830. The van der Waals surface area contributed by atoms with Crippen molar-refractivity contribution in [2.75, 3.05) is 26.2 Å². The largest absolute Gasteiger partial charge is 0.330 e. The van der Waals surface area contributed by atoms with E-state index in [1.807, 2.05) is 0 Å². The molecule has 0 aromatic rings. The van der Waals surface area contributed by atoms with Crippen LogP contribution in [0.4, 0.5) is 0 Å². The van der Waals surface area contributed by atoms with E-state index in [4.69, 9.17) is 5.73 Å². The average molecular weight is 228 g/mol. The third-order valence-corrected chi connectivity index (χ3v) is 3.05. The van der Waals surface area contributed by atoms with Gasteiger partial charge < -0.3 is 10.6 Å². The van der Waals surface area contributed by atoms with Gasteiger partial charge in [0.1, 0.15) is 0 Å². The number of hydrogen-bond donors (Lipinski definition) is 1.